The number of benzene rings is 1. The van der Waals surface area contributed by atoms with E-state index in [1.807, 2.05) is 12.2 Å². The van der Waals surface area contributed by atoms with Crippen LogP contribution in [0.25, 0.3) is 0 Å². The molecule has 1 amide bonds. The molecule has 0 aliphatic heterocycles. The third-order valence-electron chi connectivity index (χ3n) is 2.59. The van der Waals surface area contributed by atoms with Gasteiger partial charge in [-0.1, -0.05) is 23.8 Å². The molecule has 0 saturated carbocycles. The standard InChI is InChI=1S/C12H12ClNO2/c13-10-6-5-9(7-11(10)15)14-12(16)8-3-1-2-4-8/h1-2,5-8,15H,3-4H2,(H,14,16). The van der Waals surface area contributed by atoms with Gasteiger partial charge in [-0.2, -0.15) is 0 Å². The van der Waals surface area contributed by atoms with E-state index in [1.165, 1.54) is 6.07 Å². The molecule has 0 unspecified atom stereocenters. The summed E-state index contributed by atoms with van der Waals surface area (Å²) in [6, 6.07) is 4.67. The van der Waals surface area contributed by atoms with E-state index in [2.05, 4.69) is 5.32 Å². The zero-order valence-electron chi connectivity index (χ0n) is 8.61. The molecule has 16 heavy (non-hydrogen) atoms. The lowest BCUT2D eigenvalue weighted by Gasteiger charge is -2.10. The SMILES string of the molecule is O=C(Nc1ccc(Cl)c(O)c1)C1CC=CC1. The van der Waals surface area contributed by atoms with Crippen molar-refractivity contribution < 1.29 is 9.90 Å². The summed E-state index contributed by atoms with van der Waals surface area (Å²) in [4.78, 5) is 11.7. The molecule has 0 spiro atoms. The lowest BCUT2D eigenvalue weighted by Crippen LogP contribution is -2.20. The second-order valence-electron chi connectivity index (χ2n) is 3.80. The predicted octanol–water partition coefficient (Wildman–Crippen LogP) is 2.95. The van der Waals surface area contributed by atoms with Crippen LogP contribution >= 0.6 is 11.6 Å². The molecular formula is C12H12ClNO2. The van der Waals surface area contributed by atoms with E-state index in [0.717, 1.165) is 12.8 Å². The number of aromatic hydroxyl groups is 1. The molecule has 1 aromatic carbocycles. The molecule has 0 aromatic heterocycles. The number of phenolic OH excluding ortho intramolecular Hbond substituents is 1. The van der Waals surface area contributed by atoms with Crippen LogP contribution in [-0.4, -0.2) is 11.0 Å². The summed E-state index contributed by atoms with van der Waals surface area (Å²) < 4.78 is 0. The van der Waals surface area contributed by atoms with Crippen LogP contribution in [0.3, 0.4) is 0 Å². The fraction of sp³-hybridized carbons (Fsp3) is 0.250. The van der Waals surface area contributed by atoms with Gasteiger partial charge < -0.3 is 10.4 Å². The van der Waals surface area contributed by atoms with Crippen LogP contribution in [0.5, 0.6) is 5.75 Å². The average molecular weight is 238 g/mol. The number of nitrogens with one attached hydrogen (secondary N) is 1. The maximum atomic E-state index is 11.7. The summed E-state index contributed by atoms with van der Waals surface area (Å²) in [5, 5.41) is 12.4. The Morgan fingerprint density at radius 3 is 2.69 bits per heavy atom. The first kappa shape index (κ1) is 11.0. The number of carbonyl (C=O) groups is 1. The Balaban J connectivity index is 2.03. The van der Waals surface area contributed by atoms with Crippen molar-refractivity contribution in [2.24, 2.45) is 5.92 Å². The van der Waals surface area contributed by atoms with Gasteiger partial charge in [0.25, 0.3) is 0 Å². The van der Waals surface area contributed by atoms with Gasteiger partial charge in [0, 0.05) is 17.7 Å². The Morgan fingerprint density at radius 1 is 1.38 bits per heavy atom. The third-order valence-corrected chi connectivity index (χ3v) is 2.91. The smallest absolute Gasteiger partial charge is 0.228 e. The quantitative estimate of drug-likeness (QED) is 0.777. The van der Waals surface area contributed by atoms with E-state index in [4.69, 9.17) is 11.6 Å². The fourth-order valence-electron chi connectivity index (χ4n) is 1.67. The van der Waals surface area contributed by atoms with E-state index in [0.29, 0.717) is 5.69 Å². The molecule has 2 N–H and O–H groups in total. The second-order valence-corrected chi connectivity index (χ2v) is 4.20. The number of rotatable bonds is 2. The van der Waals surface area contributed by atoms with Gasteiger partial charge in [-0.05, 0) is 25.0 Å². The molecular weight excluding hydrogens is 226 g/mol. The summed E-state index contributed by atoms with van der Waals surface area (Å²) in [7, 11) is 0. The largest absolute Gasteiger partial charge is 0.506 e. The van der Waals surface area contributed by atoms with E-state index in [1.54, 1.807) is 12.1 Å². The molecule has 0 fully saturated rings. The van der Waals surface area contributed by atoms with E-state index in [-0.39, 0.29) is 22.6 Å². The highest BCUT2D eigenvalue weighted by atomic mass is 35.5. The third kappa shape index (κ3) is 2.36. The minimum Gasteiger partial charge on any atom is -0.506 e. The van der Waals surface area contributed by atoms with Crippen LogP contribution < -0.4 is 5.32 Å². The van der Waals surface area contributed by atoms with Gasteiger partial charge in [0.05, 0.1) is 5.02 Å². The number of allylic oxidation sites excluding steroid dienone is 2. The lowest BCUT2D eigenvalue weighted by atomic mass is 10.1. The molecule has 1 aliphatic carbocycles. The van der Waals surface area contributed by atoms with Crippen LogP contribution in [0.2, 0.25) is 5.02 Å². The molecule has 0 radical (unpaired) electrons. The highest BCUT2D eigenvalue weighted by Crippen LogP contribution is 2.27. The summed E-state index contributed by atoms with van der Waals surface area (Å²) in [5.74, 6) is -0.0337. The summed E-state index contributed by atoms with van der Waals surface area (Å²) in [6.07, 6.45) is 5.57. The number of anilines is 1. The number of hydrogen-bond donors (Lipinski definition) is 2. The number of carbonyl (C=O) groups excluding carboxylic acids is 1. The van der Waals surface area contributed by atoms with Gasteiger partial charge in [0.2, 0.25) is 5.91 Å². The van der Waals surface area contributed by atoms with Crippen molar-refractivity contribution in [3.8, 4) is 5.75 Å². The van der Waals surface area contributed by atoms with Crippen LogP contribution in [-0.2, 0) is 4.79 Å². The Kier molecular flexibility index (Phi) is 3.15. The van der Waals surface area contributed by atoms with Crippen molar-refractivity contribution in [2.75, 3.05) is 5.32 Å². The van der Waals surface area contributed by atoms with Crippen LogP contribution in [0, 0.1) is 5.92 Å². The molecule has 1 aliphatic rings. The highest BCUT2D eigenvalue weighted by molar-refractivity contribution is 6.32. The molecule has 0 bridgehead atoms. The molecule has 4 heteroatoms. The summed E-state index contributed by atoms with van der Waals surface area (Å²) in [6.45, 7) is 0. The zero-order valence-corrected chi connectivity index (χ0v) is 9.37. The molecule has 0 heterocycles. The minimum absolute atomic E-state index is 0.0119. The summed E-state index contributed by atoms with van der Waals surface area (Å²) >= 11 is 5.67. The van der Waals surface area contributed by atoms with Crippen molar-refractivity contribution in [3.05, 3.63) is 35.4 Å². The van der Waals surface area contributed by atoms with E-state index >= 15 is 0 Å². The lowest BCUT2D eigenvalue weighted by molar-refractivity contribution is -0.119. The molecule has 2 rings (SSSR count). The predicted molar refractivity (Wildman–Crippen MR) is 63.6 cm³/mol. The van der Waals surface area contributed by atoms with Crippen molar-refractivity contribution in [2.45, 2.75) is 12.8 Å². The van der Waals surface area contributed by atoms with Crippen molar-refractivity contribution in [1.82, 2.24) is 0 Å². The van der Waals surface area contributed by atoms with Gasteiger partial charge in [-0.3, -0.25) is 4.79 Å². The van der Waals surface area contributed by atoms with Gasteiger partial charge in [-0.25, -0.2) is 0 Å². The first-order valence-electron chi connectivity index (χ1n) is 5.11. The number of phenols is 1. The average Bonchev–Trinajstić information content (AvgIpc) is 2.77. The molecule has 0 saturated heterocycles. The van der Waals surface area contributed by atoms with Crippen LogP contribution in [0.1, 0.15) is 12.8 Å². The molecule has 84 valence electrons. The fourth-order valence-corrected chi connectivity index (χ4v) is 1.78. The number of amides is 1. The van der Waals surface area contributed by atoms with Crippen LogP contribution in [0.15, 0.2) is 30.4 Å². The van der Waals surface area contributed by atoms with E-state index in [9.17, 15) is 9.90 Å². The maximum absolute atomic E-state index is 11.7. The Bertz CT molecular complexity index is 435. The number of halogens is 1. The van der Waals surface area contributed by atoms with Crippen molar-refractivity contribution >= 4 is 23.2 Å². The van der Waals surface area contributed by atoms with Gasteiger partial charge >= 0.3 is 0 Å². The number of hydrogen-bond acceptors (Lipinski definition) is 2. The van der Waals surface area contributed by atoms with Crippen molar-refractivity contribution in [1.29, 1.82) is 0 Å². The van der Waals surface area contributed by atoms with Gasteiger partial charge in [-0.15, -0.1) is 0 Å². The monoisotopic (exact) mass is 237 g/mol. The second kappa shape index (κ2) is 4.58. The summed E-state index contributed by atoms with van der Waals surface area (Å²) in [5.41, 5.74) is 0.568. The van der Waals surface area contributed by atoms with Gasteiger partial charge in [0.15, 0.2) is 0 Å². The minimum atomic E-state index is -0.0241. The maximum Gasteiger partial charge on any atom is 0.228 e. The first-order valence-corrected chi connectivity index (χ1v) is 5.49. The Morgan fingerprint density at radius 2 is 2.06 bits per heavy atom. The Labute approximate surface area is 98.7 Å². The Hall–Kier alpha value is -1.48. The highest BCUT2D eigenvalue weighted by Gasteiger charge is 2.19. The molecule has 0 atom stereocenters. The van der Waals surface area contributed by atoms with Crippen molar-refractivity contribution in [3.63, 3.8) is 0 Å². The van der Waals surface area contributed by atoms with Gasteiger partial charge in [0.1, 0.15) is 5.75 Å². The molecule has 1 aromatic rings. The van der Waals surface area contributed by atoms with E-state index < -0.39 is 0 Å². The zero-order chi connectivity index (χ0) is 11.5. The first-order chi connectivity index (χ1) is 7.66. The normalized spacial score (nSPS) is 15.3. The topological polar surface area (TPSA) is 49.3 Å². The van der Waals surface area contributed by atoms with Crippen LogP contribution in [0.4, 0.5) is 5.69 Å². The molecule has 3 nitrogen and oxygen atoms in total.